The van der Waals surface area contributed by atoms with Crippen molar-refractivity contribution in [3.63, 3.8) is 0 Å². The smallest absolute Gasteiger partial charge is 0.253 e. The number of rotatable bonds is 10. The second-order valence-corrected chi connectivity index (χ2v) is 7.22. The first-order valence-corrected chi connectivity index (χ1v) is 10.6. The molecule has 2 aromatic carbocycles. The summed E-state index contributed by atoms with van der Waals surface area (Å²) in [6.45, 7) is 0.922. The van der Waals surface area contributed by atoms with Crippen LogP contribution in [0.3, 0.4) is 0 Å². The molecule has 8 nitrogen and oxygen atoms in total. The minimum absolute atomic E-state index is 0.0383. The van der Waals surface area contributed by atoms with Gasteiger partial charge in [0, 0.05) is 23.8 Å². The topological polar surface area (TPSA) is 112 Å². The quantitative estimate of drug-likeness (QED) is 0.279. The summed E-state index contributed by atoms with van der Waals surface area (Å²) in [5.74, 6) is -0.199. The average Bonchev–Trinajstić information content (AvgIpc) is 3.25. The number of carbonyl (C=O) groups excluding carboxylic acids is 1. The summed E-state index contributed by atoms with van der Waals surface area (Å²) in [5.41, 5.74) is 4.62. The van der Waals surface area contributed by atoms with Crippen LogP contribution in [0, 0.1) is 0 Å². The van der Waals surface area contributed by atoms with Gasteiger partial charge < -0.3 is 20.5 Å². The lowest BCUT2D eigenvalue weighted by atomic mass is 10.1. The van der Waals surface area contributed by atoms with Crippen molar-refractivity contribution in [1.82, 2.24) is 20.5 Å². The molecule has 0 saturated carbocycles. The molecule has 0 spiro atoms. The molecule has 0 radical (unpaired) electrons. The van der Waals surface area contributed by atoms with Gasteiger partial charge in [0.25, 0.3) is 5.91 Å². The van der Waals surface area contributed by atoms with Gasteiger partial charge in [0.05, 0.1) is 48.0 Å². The molecule has 2 aromatic heterocycles. The van der Waals surface area contributed by atoms with E-state index >= 15 is 0 Å². The maximum atomic E-state index is 12.6. The highest BCUT2D eigenvalue weighted by atomic mass is 16.5. The Morgan fingerprint density at radius 3 is 2.79 bits per heavy atom. The number of anilines is 2. The summed E-state index contributed by atoms with van der Waals surface area (Å²) in [5, 5.41) is 23.3. The number of ether oxygens (including phenoxy) is 1. The molecular weight excluding hydrogens is 418 g/mol. The van der Waals surface area contributed by atoms with E-state index in [4.69, 9.17) is 9.84 Å². The third-order valence-electron chi connectivity index (χ3n) is 4.91. The lowest BCUT2D eigenvalue weighted by Crippen LogP contribution is -2.28. The van der Waals surface area contributed by atoms with Gasteiger partial charge in [0.15, 0.2) is 0 Å². The lowest BCUT2D eigenvalue weighted by molar-refractivity contribution is 0.0838. The number of hydrogen-bond acceptors (Lipinski definition) is 6. The van der Waals surface area contributed by atoms with Crippen LogP contribution in [-0.4, -0.2) is 52.6 Å². The maximum Gasteiger partial charge on any atom is 0.253 e. The molecule has 0 bridgehead atoms. The van der Waals surface area contributed by atoms with Crippen molar-refractivity contribution in [3.05, 3.63) is 83.8 Å². The van der Waals surface area contributed by atoms with Gasteiger partial charge in [-0.1, -0.05) is 18.2 Å². The number of aromatic amines is 1. The Kier molecular flexibility index (Phi) is 7.42. The highest BCUT2D eigenvalue weighted by Crippen LogP contribution is 2.26. The highest BCUT2D eigenvalue weighted by molar-refractivity contribution is 6.00. The van der Waals surface area contributed by atoms with Crippen molar-refractivity contribution >= 4 is 40.3 Å². The standard InChI is InChI=1S/C25H25N5O3/c31-14-16-33-15-13-27-25(32)21-6-1-2-7-22(21)28-19-8-10-20-23(29-30-24(20)17-19)11-9-18-5-3-4-12-26-18/h1-12,17,28,31H,13-16H2,(H,27,32)(H,29,30)/b11-9+. The van der Waals surface area contributed by atoms with Gasteiger partial charge in [-0.15, -0.1) is 0 Å². The van der Waals surface area contributed by atoms with E-state index in [0.29, 0.717) is 24.4 Å². The van der Waals surface area contributed by atoms with Gasteiger partial charge in [-0.25, -0.2) is 0 Å². The Morgan fingerprint density at radius 2 is 1.94 bits per heavy atom. The number of nitrogens with zero attached hydrogens (tertiary/aromatic N) is 2. The summed E-state index contributed by atoms with van der Waals surface area (Å²) in [6.07, 6.45) is 5.60. The number of benzene rings is 2. The van der Waals surface area contributed by atoms with Crippen LogP contribution in [-0.2, 0) is 4.74 Å². The molecule has 2 heterocycles. The Morgan fingerprint density at radius 1 is 1.06 bits per heavy atom. The summed E-state index contributed by atoms with van der Waals surface area (Å²) in [6, 6.07) is 19.0. The average molecular weight is 444 g/mol. The number of H-pyrrole nitrogens is 1. The number of amides is 1. The van der Waals surface area contributed by atoms with Crippen molar-refractivity contribution in [2.24, 2.45) is 0 Å². The zero-order valence-corrected chi connectivity index (χ0v) is 18.0. The molecule has 0 aliphatic rings. The van der Waals surface area contributed by atoms with Crippen LogP contribution in [0.4, 0.5) is 11.4 Å². The van der Waals surface area contributed by atoms with Crippen LogP contribution in [0.25, 0.3) is 23.1 Å². The van der Waals surface area contributed by atoms with Crippen LogP contribution < -0.4 is 10.6 Å². The van der Waals surface area contributed by atoms with Gasteiger partial charge in [-0.05, 0) is 54.6 Å². The lowest BCUT2D eigenvalue weighted by Gasteiger charge is -2.12. The number of carbonyl (C=O) groups is 1. The van der Waals surface area contributed by atoms with Gasteiger partial charge in [0.1, 0.15) is 0 Å². The largest absolute Gasteiger partial charge is 0.394 e. The van der Waals surface area contributed by atoms with Crippen LogP contribution in [0.15, 0.2) is 66.9 Å². The zero-order chi connectivity index (χ0) is 22.9. The van der Waals surface area contributed by atoms with Crippen molar-refractivity contribution in [2.45, 2.75) is 0 Å². The minimum atomic E-state index is -0.199. The molecule has 0 aliphatic carbocycles. The zero-order valence-electron chi connectivity index (χ0n) is 18.0. The van der Waals surface area contributed by atoms with Crippen molar-refractivity contribution in [3.8, 4) is 0 Å². The maximum absolute atomic E-state index is 12.6. The third kappa shape index (κ3) is 5.82. The molecule has 4 aromatic rings. The molecule has 8 heteroatoms. The first-order valence-electron chi connectivity index (χ1n) is 10.6. The van der Waals surface area contributed by atoms with Crippen LogP contribution >= 0.6 is 0 Å². The van der Waals surface area contributed by atoms with E-state index in [1.54, 1.807) is 12.3 Å². The van der Waals surface area contributed by atoms with Crippen molar-refractivity contribution in [2.75, 3.05) is 31.7 Å². The molecule has 1 amide bonds. The van der Waals surface area contributed by atoms with E-state index in [0.717, 1.165) is 28.0 Å². The predicted octanol–water partition coefficient (Wildman–Crippen LogP) is 3.61. The molecular formula is C25H25N5O3. The van der Waals surface area contributed by atoms with E-state index in [1.807, 2.05) is 66.7 Å². The molecule has 33 heavy (non-hydrogen) atoms. The summed E-state index contributed by atoms with van der Waals surface area (Å²) >= 11 is 0. The molecule has 168 valence electrons. The van der Waals surface area contributed by atoms with E-state index < -0.39 is 0 Å². The SMILES string of the molecule is O=C(NCCOCCO)c1ccccc1Nc1ccc2c(/C=C/c3ccccn3)n[nH]c2c1. The fraction of sp³-hybridized carbons (Fsp3) is 0.160. The Balaban J connectivity index is 1.46. The summed E-state index contributed by atoms with van der Waals surface area (Å²) < 4.78 is 5.18. The number of aromatic nitrogens is 3. The number of hydrogen-bond donors (Lipinski definition) is 4. The number of aliphatic hydroxyl groups excluding tert-OH is 1. The number of fused-ring (bicyclic) bond motifs is 1. The molecule has 4 rings (SSSR count). The second kappa shape index (κ2) is 11.0. The molecule has 0 fully saturated rings. The normalized spacial score (nSPS) is 11.2. The van der Waals surface area contributed by atoms with Crippen LogP contribution in [0.5, 0.6) is 0 Å². The summed E-state index contributed by atoms with van der Waals surface area (Å²) in [7, 11) is 0. The minimum Gasteiger partial charge on any atom is -0.394 e. The molecule has 0 saturated heterocycles. The monoisotopic (exact) mass is 443 g/mol. The van der Waals surface area contributed by atoms with Crippen molar-refractivity contribution < 1.29 is 14.6 Å². The molecule has 0 unspecified atom stereocenters. The third-order valence-corrected chi connectivity index (χ3v) is 4.91. The first-order chi connectivity index (χ1) is 16.2. The van der Waals surface area contributed by atoms with Gasteiger partial charge >= 0.3 is 0 Å². The number of pyridine rings is 1. The van der Waals surface area contributed by atoms with Crippen LogP contribution in [0.1, 0.15) is 21.7 Å². The van der Waals surface area contributed by atoms with Gasteiger partial charge in [-0.3, -0.25) is 14.9 Å². The molecule has 0 atom stereocenters. The fourth-order valence-electron chi connectivity index (χ4n) is 3.33. The Hall–Kier alpha value is -4.01. The van der Waals surface area contributed by atoms with Crippen molar-refractivity contribution in [1.29, 1.82) is 0 Å². The molecule has 0 aliphatic heterocycles. The first kappa shape index (κ1) is 22.2. The Labute approximate surface area is 191 Å². The second-order valence-electron chi connectivity index (χ2n) is 7.22. The van der Waals surface area contributed by atoms with Gasteiger partial charge in [0.2, 0.25) is 0 Å². The fourth-order valence-corrected chi connectivity index (χ4v) is 3.33. The van der Waals surface area contributed by atoms with Crippen LogP contribution in [0.2, 0.25) is 0 Å². The van der Waals surface area contributed by atoms with E-state index in [2.05, 4.69) is 25.8 Å². The predicted molar refractivity (Wildman–Crippen MR) is 129 cm³/mol. The number of para-hydroxylation sites is 1. The van der Waals surface area contributed by atoms with E-state index in [1.165, 1.54) is 0 Å². The number of nitrogens with one attached hydrogen (secondary N) is 3. The highest BCUT2D eigenvalue weighted by Gasteiger charge is 2.11. The van der Waals surface area contributed by atoms with E-state index in [9.17, 15) is 4.79 Å². The molecule has 4 N–H and O–H groups in total. The summed E-state index contributed by atoms with van der Waals surface area (Å²) in [4.78, 5) is 16.9. The van der Waals surface area contributed by atoms with Gasteiger partial charge in [-0.2, -0.15) is 5.10 Å². The van der Waals surface area contributed by atoms with E-state index in [-0.39, 0.29) is 19.1 Å². The number of aliphatic hydroxyl groups is 1. The Bertz CT molecular complexity index is 1240.